The largest absolute Gasteiger partial charge is 0.309 e. The molecular formula is C39H47NS. The van der Waals surface area contributed by atoms with Gasteiger partial charge in [0.05, 0.1) is 11.0 Å². The fraction of sp³-hybridized carbons (Fsp3) is 0.231. The molecule has 1 aromatic heterocycles. The Morgan fingerprint density at radius 1 is 0.707 bits per heavy atom. The molecule has 0 unspecified atom stereocenters. The maximum absolute atomic E-state index is 3.82. The molecule has 0 radical (unpaired) electrons. The van der Waals surface area contributed by atoms with Crippen molar-refractivity contribution in [1.82, 2.24) is 4.57 Å². The summed E-state index contributed by atoms with van der Waals surface area (Å²) in [7, 11) is 0. The maximum Gasteiger partial charge on any atom is 0.0541 e. The van der Waals surface area contributed by atoms with Crippen molar-refractivity contribution < 1.29 is 0 Å². The monoisotopic (exact) mass is 561 g/mol. The van der Waals surface area contributed by atoms with Crippen molar-refractivity contribution >= 4 is 33.6 Å². The lowest BCUT2D eigenvalue weighted by Crippen LogP contribution is -1.92. The Labute approximate surface area is 253 Å². The lowest BCUT2D eigenvalue weighted by Gasteiger charge is -2.07. The van der Waals surface area contributed by atoms with Gasteiger partial charge >= 0.3 is 0 Å². The first-order valence-corrected chi connectivity index (χ1v) is 15.5. The van der Waals surface area contributed by atoms with Gasteiger partial charge in [-0.3, -0.25) is 0 Å². The molecule has 214 valence electrons. The Hall–Kier alpha value is -3.75. The Kier molecular flexibility index (Phi) is 14.0. The van der Waals surface area contributed by atoms with Gasteiger partial charge in [-0.05, 0) is 88.2 Å². The number of nitrogens with zero attached hydrogens (tertiary/aromatic N) is 1. The molecule has 0 aliphatic rings. The molecule has 0 atom stereocenters. The van der Waals surface area contributed by atoms with Crippen LogP contribution in [-0.2, 0) is 0 Å². The molecule has 0 fully saturated rings. The van der Waals surface area contributed by atoms with Crippen molar-refractivity contribution in [3.8, 4) is 5.69 Å². The van der Waals surface area contributed by atoms with Crippen LogP contribution < -0.4 is 0 Å². The lowest BCUT2D eigenvalue weighted by atomic mass is 10.1. The minimum absolute atomic E-state index is 1.21. The first-order valence-electron chi connectivity index (χ1n) is 14.7. The van der Waals surface area contributed by atoms with Gasteiger partial charge in [0.15, 0.2) is 0 Å². The Bertz CT molecular complexity index is 1540. The summed E-state index contributed by atoms with van der Waals surface area (Å²) in [6.45, 7) is 22.4. The van der Waals surface area contributed by atoms with Crippen LogP contribution in [0.4, 0.5) is 0 Å². The van der Waals surface area contributed by atoms with Gasteiger partial charge in [-0.2, -0.15) is 0 Å². The second kappa shape index (κ2) is 17.1. The minimum atomic E-state index is 1.21. The number of hydrogen-bond donors (Lipinski definition) is 0. The van der Waals surface area contributed by atoms with E-state index in [1.165, 1.54) is 59.6 Å². The standard InChI is InChI=1S/C20H17N.C15H18S.2C2H6/c1-14-8-10-19-17(12-14)18-13-15(2)9-11-20(18)21(19)16-6-4-3-5-7-16;1-5-9-14(12(3)6-2)16-15-11-8-7-10-13(15)4;2*1-2/h3-13H,1-2H3;5-11H,2H2,1,3-4H3;2*1-2H3/b;9-5-,14-12+;;. The highest BCUT2D eigenvalue weighted by Crippen LogP contribution is 2.34. The molecule has 41 heavy (non-hydrogen) atoms. The first kappa shape index (κ1) is 33.5. The highest BCUT2D eigenvalue weighted by Gasteiger charge is 2.12. The third kappa shape index (κ3) is 8.62. The van der Waals surface area contributed by atoms with Crippen LogP contribution in [0.5, 0.6) is 0 Å². The molecule has 0 saturated heterocycles. The van der Waals surface area contributed by atoms with Crippen LogP contribution in [0.15, 0.2) is 131 Å². The number of allylic oxidation sites excluding steroid dienone is 4. The molecule has 1 nitrogen and oxygen atoms in total. The van der Waals surface area contributed by atoms with Crippen molar-refractivity contribution in [1.29, 1.82) is 0 Å². The van der Waals surface area contributed by atoms with Crippen LogP contribution in [0.3, 0.4) is 0 Å². The number of hydrogen-bond acceptors (Lipinski definition) is 1. The van der Waals surface area contributed by atoms with Crippen molar-refractivity contribution in [2.75, 3.05) is 0 Å². The molecule has 0 saturated carbocycles. The highest BCUT2D eigenvalue weighted by molar-refractivity contribution is 8.03. The van der Waals surface area contributed by atoms with E-state index in [0.717, 1.165) is 0 Å². The average Bonchev–Trinajstić information content (AvgIpc) is 3.33. The van der Waals surface area contributed by atoms with E-state index < -0.39 is 0 Å². The molecule has 0 spiro atoms. The molecule has 5 rings (SSSR count). The van der Waals surface area contributed by atoms with Gasteiger partial charge in [0, 0.05) is 26.3 Å². The second-order valence-corrected chi connectivity index (χ2v) is 10.4. The van der Waals surface area contributed by atoms with E-state index in [1.54, 1.807) is 11.8 Å². The van der Waals surface area contributed by atoms with Crippen molar-refractivity contribution in [3.63, 3.8) is 0 Å². The van der Waals surface area contributed by atoms with Crippen molar-refractivity contribution in [2.45, 2.75) is 67.2 Å². The van der Waals surface area contributed by atoms with Crippen molar-refractivity contribution in [2.24, 2.45) is 0 Å². The van der Waals surface area contributed by atoms with Gasteiger partial charge in [0.2, 0.25) is 0 Å². The zero-order chi connectivity index (χ0) is 30.4. The molecule has 4 aromatic carbocycles. The summed E-state index contributed by atoms with van der Waals surface area (Å²) in [5.41, 5.74) is 8.88. The van der Waals surface area contributed by atoms with Gasteiger partial charge in [0.1, 0.15) is 0 Å². The molecule has 1 heterocycles. The van der Waals surface area contributed by atoms with E-state index in [0.29, 0.717) is 0 Å². The van der Waals surface area contributed by atoms with Gasteiger partial charge < -0.3 is 4.57 Å². The summed E-state index contributed by atoms with van der Waals surface area (Å²) < 4.78 is 2.35. The van der Waals surface area contributed by atoms with Crippen LogP contribution in [0.1, 0.15) is 58.2 Å². The van der Waals surface area contributed by atoms with Crippen LogP contribution in [0.2, 0.25) is 0 Å². The van der Waals surface area contributed by atoms with Crippen LogP contribution in [0.25, 0.3) is 27.5 Å². The number of thioether (sulfide) groups is 1. The Morgan fingerprint density at radius 2 is 1.22 bits per heavy atom. The predicted molar refractivity (Wildman–Crippen MR) is 188 cm³/mol. The zero-order valence-electron chi connectivity index (χ0n) is 26.5. The number of aromatic nitrogens is 1. The summed E-state index contributed by atoms with van der Waals surface area (Å²) in [5, 5.41) is 2.66. The molecule has 0 aliphatic heterocycles. The summed E-state index contributed by atoms with van der Waals surface area (Å²) in [4.78, 5) is 2.56. The third-order valence-electron chi connectivity index (χ3n) is 6.42. The molecular weight excluding hydrogens is 515 g/mol. The van der Waals surface area contributed by atoms with Crippen LogP contribution in [0, 0.1) is 20.8 Å². The summed E-state index contributed by atoms with van der Waals surface area (Å²) in [6.07, 6.45) is 6.10. The van der Waals surface area contributed by atoms with Gasteiger partial charge in [-0.1, -0.05) is 124 Å². The van der Waals surface area contributed by atoms with E-state index >= 15 is 0 Å². The zero-order valence-corrected chi connectivity index (χ0v) is 27.3. The van der Waals surface area contributed by atoms with E-state index in [-0.39, 0.29) is 0 Å². The quantitative estimate of drug-likeness (QED) is 0.153. The van der Waals surface area contributed by atoms with E-state index in [4.69, 9.17) is 0 Å². The maximum atomic E-state index is 3.82. The van der Waals surface area contributed by atoms with Gasteiger partial charge in [-0.15, -0.1) is 0 Å². The SMILES string of the molecule is C=C/C(C)=C(\C=C/C)Sc1ccccc1C.CC.CC.Cc1ccc2c(c1)c1cc(C)ccc1n2-c1ccccc1. The van der Waals surface area contributed by atoms with E-state index in [2.05, 4.69) is 142 Å². The number of aryl methyl sites for hydroxylation is 3. The first-order chi connectivity index (χ1) is 19.9. The Morgan fingerprint density at radius 3 is 1.71 bits per heavy atom. The van der Waals surface area contributed by atoms with Crippen molar-refractivity contribution in [3.05, 3.63) is 143 Å². The minimum Gasteiger partial charge on any atom is -0.309 e. The smallest absolute Gasteiger partial charge is 0.0541 e. The average molecular weight is 562 g/mol. The van der Waals surface area contributed by atoms with Crippen LogP contribution in [-0.4, -0.2) is 4.57 Å². The highest BCUT2D eigenvalue weighted by atomic mass is 32.2. The molecule has 0 bridgehead atoms. The molecule has 2 heteroatoms. The second-order valence-electron chi connectivity index (χ2n) is 9.33. The number of rotatable bonds is 5. The number of para-hydroxylation sites is 1. The Balaban J connectivity index is 0.000000265. The number of fused-ring (bicyclic) bond motifs is 3. The van der Waals surface area contributed by atoms with Crippen LogP contribution >= 0.6 is 11.8 Å². The molecule has 0 N–H and O–H groups in total. The molecule has 0 aliphatic carbocycles. The summed E-state index contributed by atoms with van der Waals surface area (Å²) in [5.74, 6) is 0. The third-order valence-corrected chi connectivity index (χ3v) is 7.77. The fourth-order valence-corrected chi connectivity index (χ4v) is 5.45. The normalized spacial score (nSPS) is 11.0. The molecule has 5 aromatic rings. The number of benzene rings is 4. The van der Waals surface area contributed by atoms with Gasteiger partial charge in [-0.25, -0.2) is 0 Å². The summed E-state index contributed by atoms with van der Waals surface area (Å²) >= 11 is 1.79. The lowest BCUT2D eigenvalue weighted by molar-refractivity contribution is 1.18. The fourth-order valence-electron chi connectivity index (χ4n) is 4.39. The van der Waals surface area contributed by atoms with E-state index in [9.17, 15) is 0 Å². The van der Waals surface area contributed by atoms with Gasteiger partial charge in [0.25, 0.3) is 0 Å². The topological polar surface area (TPSA) is 4.93 Å². The predicted octanol–water partition coefficient (Wildman–Crippen LogP) is 12.6. The van der Waals surface area contributed by atoms with E-state index in [1.807, 2.05) is 40.7 Å². The summed E-state index contributed by atoms with van der Waals surface area (Å²) in [6, 6.07) is 32.4. The molecule has 0 amide bonds.